The summed E-state index contributed by atoms with van der Waals surface area (Å²) in [6.45, 7) is 5.12. The van der Waals surface area contributed by atoms with Crippen molar-refractivity contribution in [1.29, 1.82) is 0 Å². The SMILES string of the molecule is CCCC[C@@H](O)CC(=O)N[C@@H](CO[C@H]1OC(CO)[C@H](O)[C@H](O)C1O)[C@H](O)C[C@H](C)CC. The van der Waals surface area contributed by atoms with Crippen molar-refractivity contribution in [2.75, 3.05) is 13.2 Å². The van der Waals surface area contributed by atoms with Gasteiger partial charge in [0.2, 0.25) is 5.91 Å². The molecule has 1 heterocycles. The van der Waals surface area contributed by atoms with Crippen LogP contribution in [0.2, 0.25) is 0 Å². The number of ether oxygens (including phenoxy) is 2. The lowest BCUT2D eigenvalue weighted by atomic mass is 9.96. The Bertz CT molecular complexity index is 507. The molecular weight excluding hydrogens is 410 g/mol. The lowest BCUT2D eigenvalue weighted by Crippen LogP contribution is -2.60. The van der Waals surface area contributed by atoms with Gasteiger partial charge in [-0.2, -0.15) is 0 Å². The molecule has 0 aromatic heterocycles. The highest BCUT2D eigenvalue weighted by Crippen LogP contribution is 2.22. The van der Waals surface area contributed by atoms with Crippen molar-refractivity contribution >= 4 is 5.91 Å². The molecule has 1 amide bonds. The monoisotopic (exact) mass is 451 g/mol. The molecule has 1 rings (SSSR count). The summed E-state index contributed by atoms with van der Waals surface area (Å²) in [4.78, 5) is 12.4. The molecule has 0 spiro atoms. The van der Waals surface area contributed by atoms with Gasteiger partial charge in [-0.1, -0.05) is 40.0 Å². The highest BCUT2D eigenvalue weighted by molar-refractivity contribution is 5.76. The summed E-state index contributed by atoms with van der Waals surface area (Å²) < 4.78 is 10.8. The van der Waals surface area contributed by atoms with Crippen molar-refractivity contribution < 1.29 is 44.9 Å². The third-order valence-electron chi connectivity index (χ3n) is 5.75. The van der Waals surface area contributed by atoms with Crippen LogP contribution in [0.25, 0.3) is 0 Å². The van der Waals surface area contributed by atoms with Crippen molar-refractivity contribution in [2.24, 2.45) is 5.92 Å². The lowest BCUT2D eigenvalue weighted by molar-refractivity contribution is -0.302. The molecule has 31 heavy (non-hydrogen) atoms. The standard InChI is InChI=1S/C21H41NO9/c1-4-6-7-13(24)9-17(26)22-14(15(25)8-12(3)5-2)11-30-21-20(29)19(28)18(27)16(10-23)31-21/h12-16,18-21,23-25,27-29H,4-11H2,1-3H3,(H,22,26)/t12-,13-,14+,15-,16?,18+,19+,20?,21+/m1/s1. The fourth-order valence-corrected chi connectivity index (χ4v) is 3.42. The van der Waals surface area contributed by atoms with E-state index in [4.69, 9.17) is 9.47 Å². The summed E-state index contributed by atoms with van der Waals surface area (Å²) in [5.41, 5.74) is 0. The number of aliphatic hydroxyl groups excluding tert-OH is 6. The first-order valence-corrected chi connectivity index (χ1v) is 11.2. The van der Waals surface area contributed by atoms with Gasteiger partial charge in [-0.15, -0.1) is 0 Å². The molecule has 184 valence electrons. The maximum Gasteiger partial charge on any atom is 0.222 e. The van der Waals surface area contributed by atoms with E-state index >= 15 is 0 Å². The van der Waals surface area contributed by atoms with Crippen LogP contribution >= 0.6 is 0 Å². The molecular formula is C21H41NO9. The van der Waals surface area contributed by atoms with Crippen molar-refractivity contribution in [3.8, 4) is 0 Å². The molecule has 1 fully saturated rings. The predicted molar refractivity (Wildman–Crippen MR) is 112 cm³/mol. The Hall–Kier alpha value is -0.850. The quantitative estimate of drug-likeness (QED) is 0.176. The summed E-state index contributed by atoms with van der Waals surface area (Å²) in [5.74, 6) is -0.244. The molecule has 1 aliphatic heterocycles. The predicted octanol–water partition coefficient (Wildman–Crippen LogP) is -0.974. The van der Waals surface area contributed by atoms with Gasteiger partial charge in [-0.05, 0) is 18.8 Å². The van der Waals surface area contributed by atoms with E-state index in [1.807, 2.05) is 20.8 Å². The molecule has 10 heteroatoms. The number of carbonyl (C=O) groups is 1. The lowest BCUT2D eigenvalue weighted by Gasteiger charge is -2.40. The topological polar surface area (TPSA) is 169 Å². The average molecular weight is 452 g/mol. The van der Waals surface area contributed by atoms with Crippen molar-refractivity contribution in [3.63, 3.8) is 0 Å². The summed E-state index contributed by atoms with van der Waals surface area (Å²) in [7, 11) is 0. The summed E-state index contributed by atoms with van der Waals surface area (Å²) in [6, 6.07) is -0.841. The molecule has 0 aromatic rings. The van der Waals surface area contributed by atoms with E-state index in [1.165, 1.54) is 0 Å². The van der Waals surface area contributed by atoms with Crippen LogP contribution < -0.4 is 5.32 Å². The van der Waals surface area contributed by atoms with Gasteiger partial charge in [0.05, 0.1) is 37.9 Å². The van der Waals surface area contributed by atoms with Gasteiger partial charge in [0.15, 0.2) is 6.29 Å². The van der Waals surface area contributed by atoms with Gasteiger partial charge in [0.1, 0.15) is 24.4 Å². The number of hydrogen-bond acceptors (Lipinski definition) is 9. The first kappa shape index (κ1) is 28.2. The number of unbranched alkanes of at least 4 members (excludes halogenated alkanes) is 1. The van der Waals surface area contributed by atoms with Crippen molar-refractivity contribution in [2.45, 2.75) is 108 Å². The van der Waals surface area contributed by atoms with Crippen LogP contribution in [-0.2, 0) is 14.3 Å². The van der Waals surface area contributed by atoms with E-state index in [9.17, 15) is 35.4 Å². The van der Waals surface area contributed by atoms with E-state index in [-0.39, 0.29) is 18.9 Å². The van der Waals surface area contributed by atoms with Gasteiger partial charge < -0.3 is 45.4 Å². The van der Waals surface area contributed by atoms with Crippen molar-refractivity contribution in [3.05, 3.63) is 0 Å². The molecule has 0 bridgehead atoms. The molecule has 0 saturated carbocycles. The molecule has 2 unspecified atom stereocenters. The van der Waals surface area contributed by atoms with E-state index in [2.05, 4.69) is 5.32 Å². The average Bonchev–Trinajstić information content (AvgIpc) is 2.74. The van der Waals surface area contributed by atoms with Crippen LogP contribution in [0.4, 0.5) is 0 Å². The number of rotatable bonds is 14. The minimum atomic E-state index is -1.58. The number of amides is 1. The Kier molecular flexibility index (Phi) is 13.0. The number of carbonyl (C=O) groups excluding carboxylic acids is 1. The molecule has 0 radical (unpaired) electrons. The number of nitrogens with one attached hydrogen (secondary N) is 1. The largest absolute Gasteiger partial charge is 0.394 e. The second-order valence-electron chi connectivity index (χ2n) is 8.52. The van der Waals surface area contributed by atoms with E-state index in [0.29, 0.717) is 12.8 Å². The first-order chi connectivity index (χ1) is 14.6. The number of hydrogen-bond donors (Lipinski definition) is 7. The minimum absolute atomic E-state index is 0.105. The molecule has 0 aliphatic carbocycles. The van der Waals surface area contributed by atoms with Crippen LogP contribution in [0.3, 0.4) is 0 Å². The maximum atomic E-state index is 12.4. The normalized spacial score (nSPS) is 30.4. The van der Waals surface area contributed by atoms with Gasteiger partial charge in [-0.3, -0.25) is 4.79 Å². The third kappa shape index (κ3) is 9.27. The Labute approximate surface area is 184 Å². The van der Waals surface area contributed by atoms with E-state index in [0.717, 1.165) is 19.3 Å². The fraction of sp³-hybridized carbons (Fsp3) is 0.952. The first-order valence-electron chi connectivity index (χ1n) is 11.2. The summed E-state index contributed by atoms with van der Waals surface area (Å²) in [6.07, 6.45) is -5.52. The van der Waals surface area contributed by atoms with Crippen LogP contribution in [0, 0.1) is 5.92 Å². The molecule has 9 atom stereocenters. The molecule has 0 aromatic carbocycles. The van der Waals surface area contributed by atoms with E-state index in [1.54, 1.807) is 0 Å². The van der Waals surface area contributed by atoms with Gasteiger partial charge in [0.25, 0.3) is 0 Å². The molecule has 7 N–H and O–H groups in total. The zero-order chi connectivity index (χ0) is 23.6. The van der Waals surface area contributed by atoms with Crippen molar-refractivity contribution in [1.82, 2.24) is 5.32 Å². The zero-order valence-electron chi connectivity index (χ0n) is 18.8. The van der Waals surface area contributed by atoms with Gasteiger partial charge in [0, 0.05) is 0 Å². The summed E-state index contributed by atoms with van der Waals surface area (Å²) in [5, 5.41) is 62.4. The molecule has 1 aliphatic rings. The maximum absolute atomic E-state index is 12.4. The Balaban J connectivity index is 2.76. The van der Waals surface area contributed by atoms with Gasteiger partial charge in [-0.25, -0.2) is 0 Å². The van der Waals surface area contributed by atoms with Crippen LogP contribution in [0.15, 0.2) is 0 Å². The smallest absolute Gasteiger partial charge is 0.222 e. The molecule has 1 saturated heterocycles. The number of aliphatic hydroxyl groups is 6. The van der Waals surface area contributed by atoms with Crippen LogP contribution in [-0.4, -0.2) is 98.7 Å². The zero-order valence-corrected chi connectivity index (χ0v) is 18.8. The second kappa shape index (κ2) is 14.3. The molecule has 10 nitrogen and oxygen atoms in total. The third-order valence-corrected chi connectivity index (χ3v) is 5.75. The minimum Gasteiger partial charge on any atom is -0.394 e. The Morgan fingerprint density at radius 1 is 1.13 bits per heavy atom. The highest BCUT2D eigenvalue weighted by Gasteiger charge is 2.44. The Morgan fingerprint density at radius 2 is 1.81 bits per heavy atom. The summed E-state index contributed by atoms with van der Waals surface area (Å²) >= 11 is 0. The van der Waals surface area contributed by atoms with Crippen LogP contribution in [0.5, 0.6) is 0 Å². The second-order valence-corrected chi connectivity index (χ2v) is 8.52. The van der Waals surface area contributed by atoms with Crippen LogP contribution in [0.1, 0.15) is 59.3 Å². The van der Waals surface area contributed by atoms with E-state index < -0.39 is 61.5 Å². The van der Waals surface area contributed by atoms with Gasteiger partial charge >= 0.3 is 0 Å². The highest BCUT2D eigenvalue weighted by atomic mass is 16.7. The fourth-order valence-electron chi connectivity index (χ4n) is 3.42. The Morgan fingerprint density at radius 3 is 2.39 bits per heavy atom.